The van der Waals surface area contributed by atoms with Gasteiger partial charge in [0.1, 0.15) is 0 Å². The first-order valence-corrected chi connectivity index (χ1v) is 6.97. The Labute approximate surface area is 110 Å². The van der Waals surface area contributed by atoms with E-state index in [9.17, 15) is 0 Å². The average Bonchev–Trinajstić information content (AvgIpc) is 2.98. The van der Waals surface area contributed by atoms with Gasteiger partial charge in [0, 0.05) is 32.0 Å². The fourth-order valence-corrected chi connectivity index (χ4v) is 2.85. The summed E-state index contributed by atoms with van der Waals surface area (Å²) in [6.07, 6.45) is 9.31. The number of anilines is 1. The minimum Gasteiger partial charge on any atom is -0.345 e. The van der Waals surface area contributed by atoms with E-state index in [0.29, 0.717) is 12.6 Å². The van der Waals surface area contributed by atoms with E-state index in [0.717, 1.165) is 12.5 Å². The molecular weight excluding hydrogens is 224 g/mol. The molecule has 2 N–H and O–H groups in total. The van der Waals surface area contributed by atoms with Crippen LogP contribution in [0.1, 0.15) is 45.6 Å². The topological polar surface area (TPSA) is 47.1 Å². The summed E-state index contributed by atoms with van der Waals surface area (Å²) < 4.78 is 2.35. The third kappa shape index (κ3) is 2.86. The largest absolute Gasteiger partial charge is 0.345 e. The monoisotopic (exact) mass is 250 g/mol. The second-order valence-corrected chi connectivity index (χ2v) is 6.30. The van der Waals surface area contributed by atoms with Crippen LogP contribution < -0.4 is 10.6 Å². The number of imidazole rings is 1. The summed E-state index contributed by atoms with van der Waals surface area (Å²) >= 11 is 0. The van der Waals surface area contributed by atoms with Crippen LogP contribution in [0.2, 0.25) is 0 Å². The molecule has 1 aliphatic rings. The van der Waals surface area contributed by atoms with Crippen LogP contribution in [0.4, 0.5) is 5.95 Å². The van der Waals surface area contributed by atoms with Crippen LogP contribution in [-0.2, 0) is 0 Å². The van der Waals surface area contributed by atoms with Crippen molar-refractivity contribution in [2.45, 2.75) is 45.6 Å². The highest BCUT2D eigenvalue weighted by Crippen LogP contribution is 2.32. The maximum absolute atomic E-state index is 5.81. The van der Waals surface area contributed by atoms with E-state index < -0.39 is 0 Å². The standard InChI is InChI=1S/C14H26N4/c1-14(2,10-15)11-17(3)13-16-8-9-18(13)12-6-4-5-7-12/h8-9,12H,4-7,10-11,15H2,1-3H3. The van der Waals surface area contributed by atoms with E-state index in [2.05, 4.69) is 41.5 Å². The number of nitrogens with two attached hydrogens (primary N) is 1. The number of aromatic nitrogens is 2. The predicted molar refractivity (Wildman–Crippen MR) is 75.8 cm³/mol. The summed E-state index contributed by atoms with van der Waals surface area (Å²) in [7, 11) is 2.12. The number of hydrogen-bond donors (Lipinski definition) is 1. The number of hydrogen-bond acceptors (Lipinski definition) is 3. The molecule has 0 unspecified atom stereocenters. The van der Waals surface area contributed by atoms with Gasteiger partial charge in [0.25, 0.3) is 0 Å². The Balaban J connectivity index is 2.10. The van der Waals surface area contributed by atoms with Crippen LogP contribution in [0.5, 0.6) is 0 Å². The summed E-state index contributed by atoms with van der Waals surface area (Å²) in [4.78, 5) is 6.77. The molecule has 0 amide bonds. The number of rotatable bonds is 5. The number of nitrogens with zero attached hydrogens (tertiary/aromatic N) is 3. The molecule has 1 heterocycles. The zero-order valence-electron chi connectivity index (χ0n) is 11.9. The van der Waals surface area contributed by atoms with E-state index in [1.165, 1.54) is 25.7 Å². The first-order chi connectivity index (χ1) is 8.53. The lowest BCUT2D eigenvalue weighted by Gasteiger charge is -2.31. The minimum atomic E-state index is 0.126. The van der Waals surface area contributed by atoms with Gasteiger partial charge in [-0.05, 0) is 24.8 Å². The Hall–Kier alpha value is -1.03. The van der Waals surface area contributed by atoms with Crippen LogP contribution >= 0.6 is 0 Å². The van der Waals surface area contributed by atoms with Crippen molar-refractivity contribution < 1.29 is 0 Å². The summed E-state index contributed by atoms with van der Waals surface area (Å²) in [5.74, 6) is 1.09. The van der Waals surface area contributed by atoms with E-state index >= 15 is 0 Å². The fourth-order valence-electron chi connectivity index (χ4n) is 2.85. The SMILES string of the molecule is CN(CC(C)(C)CN)c1nccn1C1CCCC1. The Morgan fingerprint density at radius 3 is 2.72 bits per heavy atom. The van der Waals surface area contributed by atoms with Gasteiger partial charge in [0.05, 0.1) is 0 Å². The van der Waals surface area contributed by atoms with E-state index in [1.807, 2.05) is 6.20 Å². The molecule has 1 fully saturated rings. The van der Waals surface area contributed by atoms with E-state index in [1.54, 1.807) is 0 Å². The summed E-state index contributed by atoms with van der Waals surface area (Å²) in [5, 5.41) is 0. The molecule has 2 rings (SSSR count). The molecular formula is C14H26N4. The Bertz CT molecular complexity index is 377. The molecule has 0 atom stereocenters. The summed E-state index contributed by atoms with van der Waals surface area (Å²) in [6.45, 7) is 6.04. The van der Waals surface area contributed by atoms with Gasteiger partial charge in [-0.2, -0.15) is 0 Å². The quantitative estimate of drug-likeness (QED) is 0.873. The predicted octanol–water partition coefficient (Wildman–Crippen LogP) is 2.42. The Morgan fingerprint density at radius 1 is 1.44 bits per heavy atom. The molecule has 1 aromatic rings. The van der Waals surface area contributed by atoms with Crippen LogP contribution in [0.15, 0.2) is 12.4 Å². The molecule has 0 aromatic carbocycles. The molecule has 4 heteroatoms. The molecule has 0 aliphatic heterocycles. The van der Waals surface area contributed by atoms with Crippen LogP contribution in [-0.4, -0.2) is 29.7 Å². The van der Waals surface area contributed by atoms with Crippen molar-refractivity contribution in [3.8, 4) is 0 Å². The zero-order chi connectivity index (χ0) is 13.2. The lowest BCUT2D eigenvalue weighted by Crippen LogP contribution is -2.38. The highest BCUT2D eigenvalue weighted by Gasteiger charge is 2.24. The van der Waals surface area contributed by atoms with Gasteiger partial charge in [-0.25, -0.2) is 4.98 Å². The first-order valence-electron chi connectivity index (χ1n) is 6.97. The van der Waals surface area contributed by atoms with Gasteiger partial charge in [0.2, 0.25) is 5.95 Å². The lowest BCUT2D eigenvalue weighted by molar-refractivity contribution is 0.379. The normalized spacial score (nSPS) is 17.3. The molecule has 0 spiro atoms. The van der Waals surface area contributed by atoms with Crippen LogP contribution in [0.3, 0.4) is 0 Å². The molecule has 0 saturated heterocycles. The van der Waals surface area contributed by atoms with Gasteiger partial charge in [0.15, 0.2) is 0 Å². The molecule has 4 nitrogen and oxygen atoms in total. The maximum atomic E-state index is 5.81. The van der Waals surface area contributed by atoms with Crippen molar-refractivity contribution >= 4 is 5.95 Å². The molecule has 1 saturated carbocycles. The van der Waals surface area contributed by atoms with Gasteiger partial charge >= 0.3 is 0 Å². The van der Waals surface area contributed by atoms with Crippen molar-refractivity contribution in [3.05, 3.63) is 12.4 Å². The van der Waals surface area contributed by atoms with Gasteiger partial charge < -0.3 is 15.2 Å². The molecule has 102 valence electrons. The smallest absolute Gasteiger partial charge is 0.205 e. The van der Waals surface area contributed by atoms with Crippen molar-refractivity contribution in [2.24, 2.45) is 11.1 Å². The van der Waals surface area contributed by atoms with Gasteiger partial charge in [-0.15, -0.1) is 0 Å². The van der Waals surface area contributed by atoms with Gasteiger partial charge in [-0.1, -0.05) is 26.7 Å². The third-order valence-electron chi connectivity index (χ3n) is 3.93. The van der Waals surface area contributed by atoms with Gasteiger partial charge in [-0.3, -0.25) is 0 Å². The summed E-state index contributed by atoms with van der Waals surface area (Å²) in [5.41, 5.74) is 5.94. The zero-order valence-corrected chi connectivity index (χ0v) is 11.9. The lowest BCUT2D eigenvalue weighted by atomic mass is 9.93. The van der Waals surface area contributed by atoms with Crippen LogP contribution in [0.25, 0.3) is 0 Å². The first kappa shape index (κ1) is 13.4. The third-order valence-corrected chi connectivity index (χ3v) is 3.93. The van der Waals surface area contributed by atoms with Crippen molar-refractivity contribution in [1.29, 1.82) is 0 Å². The van der Waals surface area contributed by atoms with Crippen molar-refractivity contribution in [1.82, 2.24) is 9.55 Å². The molecule has 18 heavy (non-hydrogen) atoms. The fraction of sp³-hybridized carbons (Fsp3) is 0.786. The van der Waals surface area contributed by atoms with Crippen molar-refractivity contribution in [3.63, 3.8) is 0 Å². The molecule has 0 radical (unpaired) electrons. The maximum Gasteiger partial charge on any atom is 0.205 e. The van der Waals surface area contributed by atoms with E-state index in [4.69, 9.17) is 5.73 Å². The highest BCUT2D eigenvalue weighted by atomic mass is 15.3. The second kappa shape index (κ2) is 5.31. The molecule has 1 aliphatic carbocycles. The van der Waals surface area contributed by atoms with Crippen LogP contribution in [0, 0.1) is 5.41 Å². The highest BCUT2D eigenvalue weighted by molar-refractivity contribution is 5.31. The summed E-state index contributed by atoms with van der Waals surface area (Å²) in [6, 6.07) is 0.644. The second-order valence-electron chi connectivity index (χ2n) is 6.30. The van der Waals surface area contributed by atoms with Crippen molar-refractivity contribution in [2.75, 3.05) is 25.0 Å². The Kier molecular flexibility index (Phi) is 3.95. The average molecular weight is 250 g/mol. The minimum absolute atomic E-state index is 0.126. The molecule has 0 bridgehead atoms. The van der Waals surface area contributed by atoms with E-state index in [-0.39, 0.29) is 5.41 Å². The molecule has 1 aromatic heterocycles. The Morgan fingerprint density at radius 2 is 2.11 bits per heavy atom.